The van der Waals surface area contributed by atoms with Gasteiger partial charge in [0.1, 0.15) is 17.6 Å². The lowest BCUT2D eigenvalue weighted by molar-refractivity contribution is -0.0224. The summed E-state index contributed by atoms with van der Waals surface area (Å²) in [6.45, 7) is 1.39. The van der Waals surface area contributed by atoms with E-state index in [1.165, 1.54) is 20.2 Å². The Labute approximate surface area is 170 Å². The zero-order valence-electron chi connectivity index (χ0n) is 15.4. The number of phosphoric acid groups is 1. The smallest absolute Gasteiger partial charge is 0.377 e. The van der Waals surface area contributed by atoms with Crippen LogP contribution in [-0.4, -0.2) is 49.0 Å². The van der Waals surface area contributed by atoms with Crippen molar-refractivity contribution in [3.05, 3.63) is 45.0 Å². The molecular formula is C14H22N2O10P2S. The van der Waals surface area contributed by atoms with E-state index in [1.54, 1.807) is 0 Å². The van der Waals surface area contributed by atoms with E-state index in [9.17, 15) is 23.6 Å². The van der Waals surface area contributed by atoms with Crippen LogP contribution in [0.25, 0.3) is 0 Å². The molecule has 2 unspecified atom stereocenters. The van der Waals surface area contributed by atoms with Gasteiger partial charge in [-0.15, -0.1) is 12.6 Å². The van der Waals surface area contributed by atoms with Gasteiger partial charge in [-0.25, -0.2) is 9.36 Å². The van der Waals surface area contributed by atoms with Crippen LogP contribution in [0.2, 0.25) is 0 Å². The highest BCUT2D eigenvalue weighted by atomic mass is 32.1. The van der Waals surface area contributed by atoms with E-state index in [4.69, 9.17) is 23.6 Å². The summed E-state index contributed by atoms with van der Waals surface area (Å²) in [4.78, 5) is 53.8. The van der Waals surface area contributed by atoms with E-state index in [2.05, 4.69) is 17.6 Å². The van der Waals surface area contributed by atoms with Crippen LogP contribution in [0.1, 0.15) is 19.4 Å². The zero-order valence-corrected chi connectivity index (χ0v) is 18.1. The van der Waals surface area contributed by atoms with Gasteiger partial charge in [0, 0.05) is 31.1 Å². The number of rotatable bonds is 8. The number of aromatic nitrogens is 2. The molecule has 1 aromatic heterocycles. The molecule has 0 amide bonds. The third kappa shape index (κ3) is 6.74. The zero-order chi connectivity index (χ0) is 22.0. The molecule has 0 spiro atoms. The first-order valence-electron chi connectivity index (χ1n) is 8.29. The van der Waals surface area contributed by atoms with E-state index in [-0.39, 0.29) is 6.42 Å². The molecule has 1 aliphatic carbocycles. The van der Waals surface area contributed by atoms with Gasteiger partial charge in [0.15, 0.2) is 0 Å². The van der Waals surface area contributed by atoms with E-state index in [0.29, 0.717) is 5.82 Å². The third-order valence-electron chi connectivity index (χ3n) is 4.19. The minimum absolute atomic E-state index is 0.0576. The van der Waals surface area contributed by atoms with Gasteiger partial charge >= 0.3 is 21.1 Å². The van der Waals surface area contributed by atoms with Crippen molar-refractivity contribution in [2.75, 3.05) is 7.11 Å². The number of thiol groups is 1. The molecule has 15 heteroatoms. The second-order valence-corrected chi connectivity index (χ2v) is 9.92. The molecule has 4 N–H and O–H groups in total. The molecule has 0 bridgehead atoms. The first-order valence-corrected chi connectivity index (χ1v) is 12.0. The van der Waals surface area contributed by atoms with Crippen molar-refractivity contribution >= 4 is 28.0 Å². The molecular weight excluding hydrogens is 450 g/mol. The Morgan fingerprint density at radius 1 is 1.31 bits per heavy atom. The molecule has 1 fully saturated rings. The minimum Gasteiger partial charge on any atom is -0.377 e. The molecule has 2 rings (SSSR count). The quantitative estimate of drug-likeness (QED) is 0.204. The van der Waals surface area contributed by atoms with Gasteiger partial charge in [0.05, 0.1) is 6.04 Å². The second-order valence-electron chi connectivity index (χ2n) is 6.36. The number of phosphoric ester groups is 1. The molecule has 1 heterocycles. The minimum atomic E-state index is -4.62. The van der Waals surface area contributed by atoms with Crippen LogP contribution in [0.4, 0.5) is 0 Å². The third-order valence-corrected chi connectivity index (χ3v) is 6.11. The lowest BCUT2D eigenvalue weighted by Crippen LogP contribution is -2.38. The molecule has 29 heavy (non-hydrogen) atoms. The van der Waals surface area contributed by atoms with E-state index < -0.39 is 56.3 Å². The van der Waals surface area contributed by atoms with Crippen molar-refractivity contribution in [2.24, 2.45) is 5.92 Å². The molecule has 1 aliphatic rings. The number of hydrogen-bond acceptors (Lipinski definition) is 8. The van der Waals surface area contributed by atoms with Crippen LogP contribution in [0, 0.1) is 5.92 Å². The van der Waals surface area contributed by atoms with Gasteiger partial charge in [-0.2, -0.15) is 0 Å². The maximum Gasteiger partial charge on any atom is 0.473 e. The van der Waals surface area contributed by atoms with Crippen LogP contribution in [0.15, 0.2) is 33.7 Å². The van der Waals surface area contributed by atoms with Gasteiger partial charge < -0.3 is 19.4 Å². The van der Waals surface area contributed by atoms with Crippen molar-refractivity contribution in [1.82, 2.24) is 9.55 Å². The first-order chi connectivity index (χ1) is 13.3. The highest BCUT2D eigenvalue weighted by Crippen LogP contribution is 2.52. The SMILES string of the molecule is CO[C@@H]1[C@H](OP(=O)(O)OC(C)S)[C@@H](/C=C/P(=O)(O)O)C[C@@H]1n1ccc(=O)[nH]c1=O. The number of hydrogen-bond donors (Lipinski definition) is 5. The topological polar surface area (TPSA) is 177 Å². The summed E-state index contributed by atoms with van der Waals surface area (Å²) >= 11 is 3.87. The predicted molar refractivity (Wildman–Crippen MR) is 105 cm³/mol. The summed E-state index contributed by atoms with van der Waals surface area (Å²) in [5, 5.41) is 0. The Balaban J connectivity index is 2.45. The summed E-state index contributed by atoms with van der Waals surface area (Å²) in [7, 11) is -7.86. The van der Waals surface area contributed by atoms with Gasteiger partial charge in [-0.1, -0.05) is 6.08 Å². The molecule has 12 nitrogen and oxygen atoms in total. The van der Waals surface area contributed by atoms with Crippen LogP contribution in [-0.2, 0) is 22.9 Å². The van der Waals surface area contributed by atoms with Crippen LogP contribution in [0.5, 0.6) is 0 Å². The lowest BCUT2D eigenvalue weighted by atomic mass is 10.1. The van der Waals surface area contributed by atoms with Gasteiger partial charge in [-0.05, 0) is 13.3 Å². The van der Waals surface area contributed by atoms with E-state index >= 15 is 0 Å². The van der Waals surface area contributed by atoms with Crippen molar-refractivity contribution < 1.29 is 37.6 Å². The number of nitrogens with one attached hydrogen (secondary N) is 1. The van der Waals surface area contributed by atoms with Gasteiger partial charge in [-0.3, -0.25) is 28.0 Å². The average molecular weight is 472 g/mol. The normalized spacial score (nSPS) is 28.5. The van der Waals surface area contributed by atoms with Gasteiger partial charge in [0.2, 0.25) is 0 Å². The first kappa shape index (κ1) is 24.3. The number of nitrogens with zero attached hydrogens (tertiary/aromatic N) is 1. The lowest BCUT2D eigenvalue weighted by Gasteiger charge is -2.27. The summed E-state index contributed by atoms with van der Waals surface area (Å²) in [6, 6.07) is 0.347. The number of methoxy groups -OCH3 is 1. The molecule has 0 aromatic carbocycles. The van der Waals surface area contributed by atoms with Crippen molar-refractivity contribution in [1.29, 1.82) is 0 Å². The van der Waals surface area contributed by atoms with Crippen LogP contribution < -0.4 is 11.2 Å². The van der Waals surface area contributed by atoms with Gasteiger partial charge in [0.25, 0.3) is 5.56 Å². The van der Waals surface area contributed by atoms with Crippen molar-refractivity contribution in [3.63, 3.8) is 0 Å². The van der Waals surface area contributed by atoms with E-state index in [0.717, 1.165) is 16.7 Å². The maximum absolute atomic E-state index is 12.3. The molecule has 1 saturated carbocycles. The van der Waals surface area contributed by atoms with E-state index in [1.807, 2.05) is 0 Å². The molecule has 0 aliphatic heterocycles. The Kier molecular flexibility index (Phi) is 7.88. The second kappa shape index (κ2) is 9.42. The Hall–Kier alpha value is -1.01. The largest absolute Gasteiger partial charge is 0.473 e. The molecule has 164 valence electrons. The molecule has 1 aromatic rings. The maximum atomic E-state index is 12.3. The van der Waals surface area contributed by atoms with Crippen LogP contribution >= 0.6 is 28.0 Å². The van der Waals surface area contributed by atoms with Crippen LogP contribution in [0.3, 0.4) is 0 Å². The fraction of sp³-hybridized carbons (Fsp3) is 0.571. The fourth-order valence-electron chi connectivity index (χ4n) is 3.18. The summed E-state index contributed by atoms with van der Waals surface area (Å²) in [6.07, 6.45) is 0.244. The highest BCUT2D eigenvalue weighted by molar-refractivity contribution is 7.81. The summed E-state index contributed by atoms with van der Waals surface area (Å²) in [5.41, 5.74) is -2.29. The molecule has 0 saturated heterocycles. The predicted octanol–water partition coefficient (Wildman–Crippen LogP) is 0.582. The molecule has 6 atom stereocenters. The standard InChI is InChI=1S/C14H22N2O10P2S/c1-8(29)25-28(22,23)26-12-9(4-6-27(19,20)21)7-10(13(12)24-2)16-5-3-11(17)15-14(16)18/h3-6,8-10,12-13,29H,7H2,1-2H3,(H,22,23)(H,15,17,18)(H2,19,20,21)/b6-4+/t8?,9-,10-,12+,13-/m0/s1. The monoisotopic (exact) mass is 472 g/mol. The Bertz CT molecular complexity index is 954. The number of ether oxygens (including phenoxy) is 1. The fourth-order valence-corrected chi connectivity index (χ4v) is 5.00. The Morgan fingerprint density at radius 3 is 2.48 bits per heavy atom. The van der Waals surface area contributed by atoms with Crippen molar-refractivity contribution in [2.45, 2.75) is 37.0 Å². The van der Waals surface area contributed by atoms with Crippen molar-refractivity contribution in [3.8, 4) is 0 Å². The number of aromatic amines is 1. The summed E-state index contributed by atoms with van der Waals surface area (Å²) in [5.74, 6) is -0.181. The number of H-pyrrole nitrogens is 1. The summed E-state index contributed by atoms with van der Waals surface area (Å²) < 4.78 is 40.0. The Morgan fingerprint density at radius 2 is 1.97 bits per heavy atom. The molecule has 0 radical (unpaired) electrons. The highest BCUT2D eigenvalue weighted by Gasteiger charge is 2.48. The average Bonchev–Trinajstić information content (AvgIpc) is 2.87.